The number of aliphatic hydroxyl groups excluding tert-OH is 1. The fourth-order valence-corrected chi connectivity index (χ4v) is 1.35. The van der Waals surface area contributed by atoms with Crippen LogP contribution in [0.2, 0.25) is 0 Å². The van der Waals surface area contributed by atoms with Crippen LogP contribution in [0.15, 0.2) is 10.2 Å². The minimum absolute atomic E-state index is 0.0231. The summed E-state index contributed by atoms with van der Waals surface area (Å²) in [6.07, 6.45) is 2.99. The highest BCUT2D eigenvalue weighted by Crippen LogP contribution is 2.22. The molecule has 0 saturated heterocycles. The third kappa shape index (κ3) is 1.59. The molecule has 0 atom stereocenters. The SMILES string of the molecule is O=C1CCCCC(O)=C1Br. The maximum absolute atomic E-state index is 11.0. The Labute approximate surface area is 68.1 Å². The summed E-state index contributed by atoms with van der Waals surface area (Å²) in [5, 5.41) is 9.14. The lowest BCUT2D eigenvalue weighted by Gasteiger charge is -1.95. The van der Waals surface area contributed by atoms with Gasteiger partial charge in [0.1, 0.15) is 5.76 Å². The fraction of sp³-hybridized carbons (Fsp3) is 0.571. The summed E-state index contributed by atoms with van der Waals surface area (Å²) in [5.41, 5.74) is 0. The van der Waals surface area contributed by atoms with E-state index in [1.807, 2.05) is 0 Å². The van der Waals surface area contributed by atoms with Gasteiger partial charge in [0.15, 0.2) is 5.78 Å². The van der Waals surface area contributed by atoms with Crippen LogP contribution in [0.1, 0.15) is 25.7 Å². The Morgan fingerprint density at radius 2 is 1.90 bits per heavy atom. The molecule has 56 valence electrons. The van der Waals surface area contributed by atoms with E-state index in [9.17, 15) is 4.79 Å². The molecule has 1 aliphatic rings. The molecule has 2 nitrogen and oxygen atoms in total. The molecule has 10 heavy (non-hydrogen) atoms. The smallest absolute Gasteiger partial charge is 0.173 e. The van der Waals surface area contributed by atoms with Crippen LogP contribution in [0, 0.1) is 0 Å². The molecule has 0 radical (unpaired) electrons. The number of hydrogen-bond acceptors (Lipinski definition) is 2. The Hall–Kier alpha value is -0.310. The molecule has 1 N–H and O–H groups in total. The second-order valence-corrected chi connectivity index (χ2v) is 3.18. The van der Waals surface area contributed by atoms with E-state index in [1.165, 1.54) is 0 Å². The Balaban J connectivity index is 2.79. The van der Waals surface area contributed by atoms with Crippen LogP contribution < -0.4 is 0 Å². The quantitative estimate of drug-likeness (QED) is 0.658. The van der Waals surface area contributed by atoms with Crippen LogP contribution in [-0.4, -0.2) is 10.9 Å². The van der Waals surface area contributed by atoms with Gasteiger partial charge in [0.2, 0.25) is 0 Å². The summed E-state index contributed by atoms with van der Waals surface area (Å²) >= 11 is 3.05. The first-order chi connectivity index (χ1) is 4.72. The Bertz CT molecular complexity index is 184. The predicted molar refractivity (Wildman–Crippen MR) is 42.1 cm³/mol. The molecule has 3 heteroatoms. The number of aliphatic hydroxyl groups is 1. The van der Waals surface area contributed by atoms with Crippen LogP contribution in [-0.2, 0) is 4.79 Å². The number of Topliss-reactive ketones (excluding diaryl/α,β-unsaturated/α-hetero) is 1. The van der Waals surface area contributed by atoms with E-state index in [-0.39, 0.29) is 11.5 Å². The van der Waals surface area contributed by atoms with E-state index < -0.39 is 0 Å². The van der Waals surface area contributed by atoms with E-state index in [0.29, 0.717) is 17.3 Å². The van der Waals surface area contributed by atoms with Crippen molar-refractivity contribution in [1.29, 1.82) is 0 Å². The minimum atomic E-state index is 0.0231. The van der Waals surface area contributed by atoms with E-state index >= 15 is 0 Å². The number of allylic oxidation sites excluding steroid dienone is 2. The highest BCUT2D eigenvalue weighted by atomic mass is 79.9. The topological polar surface area (TPSA) is 37.3 Å². The molecule has 0 unspecified atom stereocenters. The van der Waals surface area contributed by atoms with Crippen molar-refractivity contribution in [2.45, 2.75) is 25.7 Å². The van der Waals surface area contributed by atoms with Crippen LogP contribution in [0.5, 0.6) is 0 Å². The first-order valence-electron chi connectivity index (χ1n) is 3.32. The van der Waals surface area contributed by atoms with E-state index in [0.717, 1.165) is 12.8 Å². The second-order valence-electron chi connectivity index (χ2n) is 2.39. The molecule has 0 amide bonds. The minimum Gasteiger partial charge on any atom is -0.511 e. The predicted octanol–water partition coefficient (Wildman–Crippen LogP) is 2.29. The zero-order valence-corrected chi connectivity index (χ0v) is 7.15. The largest absolute Gasteiger partial charge is 0.511 e. The first kappa shape index (κ1) is 7.79. The molecular formula is C7H9BrO2. The van der Waals surface area contributed by atoms with Crippen molar-refractivity contribution < 1.29 is 9.90 Å². The van der Waals surface area contributed by atoms with E-state index in [1.54, 1.807) is 0 Å². The molecule has 0 aliphatic heterocycles. The molecule has 0 heterocycles. The number of rotatable bonds is 0. The Morgan fingerprint density at radius 1 is 1.30 bits per heavy atom. The third-order valence-electron chi connectivity index (χ3n) is 1.57. The van der Waals surface area contributed by atoms with Crippen LogP contribution in [0.4, 0.5) is 0 Å². The van der Waals surface area contributed by atoms with Gasteiger partial charge in [-0.2, -0.15) is 0 Å². The van der Waals surface area contributed by atoms with Crippen molar-refractivity contribution >= 4 is 21.7 Å². The maximum Gasteiger partial charge on any atom is 0.173 e. The van der Waals surface area contributed by atoms with Gasteiger partial charge in [0.25, 0.3) is 0 Å². The highest BCUT2D eigenvalue weighted by Gasteiger charge is 2.15. The summed E-state index contributed by atoms with van der Waals surface area (Å²) < 4.78 is 0.380. The van der Waals surface area contributed by atoms with Crippen molar-refractivity contribution in [1.82, 2.24) is 0 Å². The molecule has 1 aliphatic carbocycles. The van der Waals surface area contributed by atoms with Gasteiger partial charge in [-0.15, -0.1) is 0 Å². The van der Waals surface area contributed by atoms with Crippen LogP contribution in [0.3, 0.4) is 0 Å². The van der Waals surface area contributed by atoms with Gasteiger partial charge in [-0.05, 0) is 28.8 Å². The summed E-state index contributed by atoms with van der Waals surface area (Å²) in [6, 6.07) is 0. The number of ketones is 1. The summed E-state index contributed by atoms with van der Waals surface area (Å²) in [6.45, 7) is 0. The average Bonchev–Trinajstić information content (AvgIpc) is 2.04. The average molecular weight is 205 g/mol. The fourth-order valence-electron chi connectivity index (χ4n) is 0.958. The van der Waals surface area contributed by atoms with Gasteiger partial charge in [-0.1, -0.05) is 0 Å². The van der Waals surface area contributed by atoms with E-state index in [4.69, 9.17) is 5.11 Å². The first-order valence-corrected chi connectivity index (χ1v) is 4.12. The maximum atomic E-state index is 11.0. The lowest BCUT2D eigenvalue weighted by Crippen LogP contribution is -1.96. The standard InChI is InChI=1S/C7H9BrO2/c8-7-5(9)3-1-2-4-6(7)10/h9H,1-4H2. The molecule has 0 aromatic heterocycles. The number of hydrogen-bond donors (Lipinski definition) is 1. The normalized spacial score (nSPS) is 21.1. The van der Waals surface area contributed by atoms with Gasteiger partial charge >= 0.3 is 0 Å². The van der Waals surface area contributed by atoms with Crippen molar-refractivity contribution in [3.8, 4) is 0 Å². The molecule has 0 bridgehead atoms. The van der Waals surface area contributed by atoms with Gasteiger partial charge in [0.05, 0.1) is 4.48 Å². The molecule has 0 aromatic rings. The highest BCUT2D eigenvalue weighted by molar-refractivity contribution is 9.12. The number of halogens is 1. The van der Waals surface area contributed by atoms with Gasteiger partial charge in [-0.3, -0.25) is 4.79 Å². The Morgan fingerprint density at radius 3 is 2.60 bits per heavy atom. The van der Waals surface area contributed by atoms with Crippen LogP contribution >= 0.6 is 15.9 Å². The monoisotopic (exact) mass is 204 g/mol. The third-order valence-corrected chi connectivity index (χ3v) is 2.47. The van der Waals surface area contributed by atoms with Crippen molar-refractivity contribution in [2.24, 2.45) is 0 Å². The van der Waals surface area contributed by atoms with Crippen LogP contribution in [0.25, 0.3) is 0 Å². The van der Waals surface area contributed by atoms with Gasteiger partial charge < -0.3 is 5.11 Å². The molecule has 0 saturated carbocycles. The molecular weight excluding hydrogens is 196 g/mol. The zero-order valence-electron chi connectivity index (χ0n) is 5.56. The molecule has 1 rings (SSSR count). The summed E-state index contributed by atoms with van der Waals surface area (Å²) in [4.78, 5) is 11.0. The zero-order chi connectivity index (χ0) is 7.56. The van der Waals surface area contributed by atoms with Crippen molar-refractivity contribution in [3.05, 3.63) is 10.2 Å². The summed E-state index contributed by atoms with van der Waals surface area (Å²) in [7, 11) is 0. The number of carbonyl (C=O) groups excluding carboxylic acids is 1. The molecule has 0 fully saturated rings. The lowest BCUT2D eigenvalue weighted by atomic mass is 10.2. The van der Waals surface area contributed by atoms with E-state index in [2.05, 4.69) is 15.9 Å². The molecule has 0 spiro atoms. The molecule has 0 aromatic carbocycles. The Kier molecular flexibility index (Phi) is 2.49. The lowest BCUT2D eigenvalue weighted by molar-refractivity contribution is -0.114. The second kappa shape index (κ2) is 3.19. The van der Waals surface area contributed by atoms with Crippen molar-refractivity contribution in [2.75, 3.05) is 0 Å². The van der Waals surface area contributed by atoms with Crippen molar-refractivity contribution in [3.63, 3.8) is 0 Å². The summed E-state index contributed by atoms with van der Waals surface area (Å²) in [5.74, 6) is 0.234. The van der Waals surface area contributed by atoms with Gasteiger partial charge in [-0.25, -0.2) is 0 Å². The number of carbonyl (C=O) groups is 1. The van der Waals surface area contributed by atoms with Gasteiger partial charge in [0, 0.05) is 12.8 Å².